The molecular formula is C21H22N2O2S2. The molecule has 0 radical (unpaired) electrons. The lowest BCUT2D eigenvalue weighted by Gasteiger charge is -2.34. The molecule has 3 heterocycles. The van der Waals surface area contributed by atoms with Crippen molar-refractivity contribution in [1.82, 2.24) is 9.88 Å². The van der Waals surface area contributed by atoms with E-state index in [-0.39, 0.29) is 30.6 Å². The smallest absolute Gasteiger partial charge is 0.223 e. The van der Waals surface area contributed by atoms with Gasteiger partial charge in [-0.2, -0.15) is 0 Å². The number of thiazole rings is 1. The summed E-state index contributed by atoms with van der Waals surface area (Å²) < 4.78 is 1.16. The van der Waals surface area contributed by atoms with Crippen LogP contribution in [0.15, 0.2) is 36.4 Å². The summed E-state index contributed by atoms with van der Waals surface area (Å²) >= 11 is 3.18. The van der Waals surface area contributed by atoms with E-state index in [9.17, 15) is 9.59 Å². The summed E-state index contributed by atoms with van der Waals surface area (Å²) in [5, 5.41) is 1.02. The fraction of sp³-hybridized carbons (Fsp3) is 0.381. The van der Waals surface area contributed by atoms with Crippen molar-refractivity contribution in [1.29, 1.82) is 0 Å². The van der Waals surface area contributed by atoms with Gasteiger partial charge in [-0.25, -0.2) is 4.98 Å². The molecule has 4 rings (SSSR count). The number of nitrogens with zero attached hydrogens (tertiary/aromatic N) is 2. The van der Waals surface area contributed by atoms with Gasteiger partial charge in [0.25, 0.3) is 0 Å². The van der Waals surface area contributed by atoms with E-state index in [1.807, 2.05) is 42.2 Å². The Balaban J connectivity index is 1.46. The highest BCUT2D eigenvalue weighted by Gasteiger charge is 2.30. The van der Waals surface area contributed by atoms with Crippen molar-refractivity contribution < 1.29 is 9.59 Å². The molecule has 0 unspecified atom stereocenters. The summed E-state index contributed by atoms with van der Waals surface area (Å²) in [5.41, 5.74) is 0.999. The summed E-state index contributed by atoms with van der Waals surface area (Å²) in [6.45, 7) is 2.74. The lowest BCUT2D eigenvalue weighted by Crippen LogP contribution is -2.38. The number of hydrogen-bond acceptors (Lipinski definition) is 5. The van der Waals surface area contributed by atoms with Crippen LogP contribution in [-0.2, 0) is 4.79 Å². The second-order valence-corrected chi connectivity index (χ2v) is 9.30. The molecule has 1 aliphatic heterocycles. The van der Waals surface area contributed by atoms with Gasteiger partial charge in [0.2, 0.25) is 5.91 Å². The van der Waals surface area contributed by atoms with Crippen molar-refractivity contribution in [3.05, 3.63) is 51.2 Å². The molecule has 4 nitrogen and oxygen atoms in total. The van der Waals surface area contributed by atoms with E-state index in [0.29, 0.717) is 0 Å². The number of fused-ring (bicyclic) bond motifs is 1. The summed E-state index contributed by atoms with van der Waals surface area (Å²) in [6.07, 6.45) is 3.63. The first-order chi connectivity index (χ1) is 13.1. The van der Waals surface area contributed by atoms with Gasteiger partial charge < -0.3 is 4.90 Å². The molecule has 2 aromatic heterocycles. The third kappa shape index (κ3) is 3.96. The molecule has 1 saturated heterocycles. The van der Waals surface area contributed by atoms with Gasteiger partial charge in [-0.1, -0.05) is 12.1 Å². The van der Waals surface area contributed by atoms with Crippen LogP contribution in [0.2, 0.25) is 0 Å². The van der Waals surface area contributed by atoms with Crippen molar-refractivity contribution in [3.8, 4) is 0 Å². The number of piperidine rings is 1. The van der Waals surface area contributed by atoms with Gasteiger partial charge in [-0.3, -0.25) is 9.59 Å². The minimum Gasteiger partial charge on any atom is -0.333 e. The number of para-hydroxylation sites is 1. The van der Waals surface area contributed by atoms with Crippen LogP contribution in [0.3, 0.4) is 0 Å². The lowest BCUT2D eigenvalue weighted by atomic mass is 10.0. The minimum atomic E-state index is 0.0442. The Bertz CT molecular complexity index is 942. The number of ketones is 1. The van der Waals surface area contributed by atoms with Gasteiger partial charge in [0.05, 0.1) is 21.1 Å². The van der Waals surface area contributed by atoms with Gasteiger partial charge in [-0.05, 0) is 50.5 Å². The molecule has 1 fully saturated rings. The van der Waals surface area contributed by atoms with E-state index in [1.54, 1.807) is 11.3 Å². The largest absolute Gasteiger partial charge is 0.333 e. The number of aryl methyl sites for hydroxylation is 1. The highest BCUT2D eigenvalue weighted by molar-refractivity contribution is 7.18. The van der Waals surface area contributed by atoms with E-state index < -0.39 is 0 Å². The monoisotopic (exact) mass is 398 g/mol. The third-order valence-electron chi connectivity index (χ3n) is 5.00. The zero-order valence-electron chi connectivity index (χ0n) is 15.3. The zero-order chi connectivity index (χ0) is 18.8. The molecule has 0 spiro atoms. The summed E-state index contributed by atoms with van der Waals surface area (Å²) in [7, 11) is 0. The lowest BCUT2D eigenvalue weighted by molar-refractivity contribution is -0.135. The number of amides is 1. The molecule has 0 saturated carbocycles. The van der Waals surface area contributed by atoms with Crippen molar-refractivity contribution in [2.24, 2.45) is 0 Å². The maximum atomic E-state index is 12.9. The number of thiophene rings is 1. The standard InChI is InChI=1S/C21H22N2O2S2/c1-14-9-11-19(26-14)17(24)10-12-20(25)23-13-5-4-7-16(23)21-22-15-6-2-3-8-18(15)27-21/h2-3,6,8-9,11,16H,4-5,7,10,12-13H2,1H3/t16-/m0/s1. The SMILES string of the molecule is Cc1ccc(C(=O)CCC(=O)N2CCCC[C@H]2c2nc3ccccc3s2)s1. The van der Waals surface area contributed by atoms with Gasteiger partial charge in [0.15, 0.2) is 5.78 Å². The molecule has 1 amide bonds. The van der Waals surface area contributed by atoms with E-state index in [1.165, 1.54) is 11.3 Å². The van der Waals surface area contributed by atoms with E-state index in [4.69, 9.17) is 4.98 Å². The second kappa shape index (κ2) is 7.90. The summed E-state index contributed by atoms with van der Waals surface area (Å²) in [5.74, 6) is 0.135. The minimum absolute atomic E-state index is 0.0442. The molecule has 140 valence electrons. The average Bonchev–Trinajstić information content (AvgIpc) is 3.32. The van der Waals surface area contributed by atoms with E-state index in [0.717, 1.165) is 50.8 Å². The Labute approximate surface area is 166 Å². The Hall–Kier alpha value is -2.05. The number of hydrogen-bond donors (Lipinski definition) is 0. The molecule has 0 bridgehead atoms. The molecule has 1 aliphatic rings. The first-order valence-corrected chi connectivity index (χ1v) is 11.0. The number of aromatic nitrogens is 1. The summed E-state index contributed by atoms with van der Waals surface area (Å²) in [6, 6.07) is 12.0. The third-order valence-corrected chi connectivity index (χ3v) is 7.18. The second-order valence-electron chi connectivity index (χ2n) is 6.95. The number of Topliss-reactive ketones (excluding diaryl/α,β-unsaturated/α-hetero) is 1. The number of likely N-dealkylation sites (tertiary alicyclic amines) is 1. The fourth-order valence-electron chi connectivity index (χ4n) is 3.59. The number of carbonyl (C=O) groups is 2. The Morgan fingerprint density at radius 2 is 1.96 bits per heavy atom. The molecule has 6 heteroatoms. The van der Waals surface area contributed by atoms with E-state index >= 15 is 0 Å². The van der Waals surface area contributed by atoms with Gasteiger partial charge in [0, 0.05) is 24.3 Å². The molecule has 1 atom stereocenters. The van der Waals surface area contributed by atoms with Gasteiger partial charge in [0.1, 0.15) is 5.01 Å². The topological polar surface area (TPSA) is 50.3 Å². The average molecular weight is 399 g/mol. The quantitative estimate of drug-likeness (QED) is 0.542. The maximum Gasteiger partial charge on any atom is 0.223 e. The number of benzene rings is 1. The Morgan fingerprint density at radius 3 is 2.74 bits per heavy atom. The first kappa shape index (κ1) is 18.3. The highest BCUT2D eigenvalue weighted by Crippen LogP contribution is 2.36. The van der Waals surface area contributed by atoms with Crippen molar-refractivity contribution in [2.45, 2.75) is 45.1 Å². The zero-order valence-corrected chi connectivity index (χ0v) is 16.9. The molecule has 0 aliphatic carbocycles. The van der Waals surface area contributed by atoms with Crippen LogP contribution < -0.4 is 0 Å². The Morgan fingerprint density at radius 1 is 1.11 bits per heavy atom. The maximum absolute atomic E-state index is 12.9. The molecule has 0 N–H and O–H groups in total. The van der Waals surface area contributed by atoms with Gasteiger partial charge in [-0.15, -0.1) is 22.7 Å². The summed E-state index contributed by atoms with van der Waals surface area (Å²) in [4.78, 5) is 33.8. The van der Waals surface area contributed by atoms with Crippen LogP contribution in [0.1, 0.15) is 57.7 Å². The first-order valence-electron chi connectivity index (χ1n) is 9.36. The van der Waals surface area contributed by atoms with Crippen LogP contribution in [0.4, 0.5) is 0 Å². The Kier molecular flexibility index (Phi) is 5.36. The van der Waals surface area contributed by atoms with Crippen LogP contribution in [0, 0.1) is 6.92 Å². The van der Waals surface area contributed by atoms with Gasteiger partial charge >= 0.3 is 0 Å². The predicted molar refractivity (Wildman–Crippen MR) is 111 cm³/mol. The molecule has 1 aromatic carbocycles. The van der Waals surface area contributed by atoms with Crippen molar-refractivity contribution in [3.63, 3.8) is 0 Å². The fourth-order valence-corrected chi connectivity index (χ4v) is 5.54. The normalized spacial score (nSPS) is 17.4. The predicted octanol–water partition coefficient (Wildman–Crippen LogP) is 5.38. The molecule has 3 aromatic rings. The number of carbonyl (C=O) groups excluding carboxylic acids is 2. The number of rotatable bonds is 5. The van der Waals surface area contributed by atoms with Crippen LogP contribution in [0.5, 0.6) is 0 Å². The molecule has 27 heavy (non-hydrogen) atoms. The van der Waals surface area contributed by atoms with E-state index in [2.05, 4.69) is 6.07 Å². The van der Waals surface area contributed by atoms with Crippen LogP contribution in [-0.4, -0.2) is 28.1 Å². The van der Waals surface area contributed by atoms with Crippen LogP contribution in [0.25, 0.3) is 10.2 Å². The van der Waals surface area contributed by atoms with Crippen molar-refractivity contribution >= 4 is 44.6 Å². The van der Waals surface area contributed by atoms with Crippen molar-refractivity contribution in [2.75, 3.05) is 6.54 Å². The highest BCUT2D eigenvalue weighted by atomic mass is 32.1. The molecular weight excluding hydrogens is 376 g/mol. The van der Waals surface area contributed by atoms with Crippen LogP contribution >= 0.6 is 22.7 Å².